The summed E-state index contributed by atoms with van der Waals surface area (Å²) >= 11 is 1.34. The van der Waals surface area contributed by atoms with Crippen LogP contribution >= 0.6 is 11.3 Å². The monoisotopic (exact) mass is 369 g/mol. The van der Waals surface area contributed by atoms with Gasteiger partial charge in [0.05, 0.1) is 36.6 Å². The molecule has 1 aliphatic rings. The van der Waals surface area contributed by atoms with Gasteiger partial charge in [-0.1, -0.05) is 23.5 Å². The second-order valence-corrected chi connectivity index (χ2v) is 6.81. The van der Waals surface area contributed by atoms with Crippen molar-refractivity contribution in [1.82, 2.24) is 19.9 Å². The predicted molar refractivity (Wildman–Crippen MR) is 96.1 cm³/mol. The summed E-state index contributed by atoms with van der Waals surface area (Å²) in [5, 5.41) is 3.04. The molecule has 4 rings (SSSR count). The number of hydrogen-bond acceptors (Lipinski definition) is 7. The topological polar surface area (TPSA) is 97.3 Å². The summed E-state index contributed by atoms with van der Waals surface area (Å²) in [6.45, 7) is 0.977. The number of nitrogens with zero attached hydrogens (tertiary/aromatic N) is 4. The molecule has 1 aromatic carbocycles. The number of thiazole rings is 1. The van der Waals surface area contributed by atoms with E-state index in [0.717, 1.165) is 16.1 Å². The Bertz CT molecular complexity index is 1000. The number of nitrogens with one attached hydrogen (secondary N) is 1. The SMILES string of the molecule is COC(=O)Nc1nc2c(s1)CN(C(=O)c1cnc3ccccc3n1)CC2. The summed E-state index contributed by atoms with van der Waals surface area (Å²) in [4.78, 5) is 39.9. The van der Waals surface area contributed by atoms with Crippen LogP contribution < -0.4 is 5.32 Å². The van der Waals surface area contributed by atoms with Crippen LogP contribution in [-0.2, 0) is 17.7 Å². The number of anilines is 1. The highest BCUT2D eigenvalue weighted by Gasteiger charge is 2.26. The summed E-state index contributed by atoms with van der Waals surface area (Å²) < 4.78 is 4.58. The normalized spacial score (nSPS) is 13.3. The van der Waals surface area contributed by atoms with Crippen molar-refractivity contribution in [2.45, 2.75) is 13.0 Å². The Labute approximate surface area is 152 Å². The van der Waals surface area contributed by atoms with E-state index in [2.05, 4.69) is 25.0 Å². The van der Waals surface area contributed by atoms with E-state index >= 15 is 0 Å². The molecule has 3 aromatic rings. The first-order valence-electron chi connectivity index (χ1n) is 7.98. The highest BCUT2D eigenvalue weighted by Crippen LogP contribution is 2.29. The number of carbonyl (C=O) groups excluding carboxylic acids is 2. The van der Waals surface area contributed by atoms with Gasteiger partial charge in [-0.15, -0.1) is 0 Å². The Hall–Kier alpha value is -3.07. The van der Waals surface area contributed by atoms with Crippen LogP contribution in [0.5, 0.6) is 0 Å². The zero-order chi connectivity index (χ0) is 18.1. The molecule has 0 fully saturated rings. The lowest BCUT2D eigenvalue weighted by molar-refractivity contribution is 0.0730. The Kier molecular flexibility index (Phi) is 4.21. The zero-order valence-corrected chi connectivity index (χ0v) is 14.7. The van der Waals surface area contributed by atoms with Crippen molar-refractivity contribution < 1.29 is 14.3 Å². The smallest absolute Gasteiger partial charge is 0.413 e. The number of ether oxygens (including phenoxy) is 1. The second-order valence-electron chi connectivity index (χ2n) is 5.73. The van der Waals surface area contributed by atoms with Gasteiger partial charge in [-0.2, -0.15) is 0 Å². The number of benzene rings is 1. The fourth-order valence-corrected chi connectivity index (χ4v) is 3.79. The second kappa shape index (κ2) is 6.68. The van der Waals surface area contributed by atoms with E-state index in [9.17, 15) is 9.59 Å². The predicted octanol–water partition coefficient (Wildman–Crippen LogP) is 2.46. The molecule has 3 heterocycles. The minimum Gasteiger partial charge on any atom is -0.453 e. The van der Waals surface area contributed by atoms with Crippen molar-refractivity contribution in [1.29, 1.82) is 0 Å². The highest BCUT2D eigenvalue weighted by atomic mass is 32.1. The van der Waals surface area contributed by atoms with Gasteiger partial charge in [0.1, 0.15) is 5.69 Å². The molecule has 132 valence electrons. The number of amides is 2. The first-order chi connectivity index (χ1) is 12.6. The molecular formula is C17H15N5O3S. The number of carbonyl (C=O) groups is 2. The molecule has 0 aliphatic carbocycles. The molecule has 0 bridgehead atoms. The fraction of sp³-hybridized carbons (Fsp3) is 0.235. The molecule has 0 atom stereocenters. The molecular weight excluding hydrogens is 354 g/mol. The minimum atomic E-state index is -0.560. The first-order valence-corrected chi connectivity index (χ1v) is 8.80. The van der Waals surface area contributed by atoms with Gasteiger partial charge in [0.2, 0.25) is 0 Å². The van der Waals surface area contributed by atoms with Crippen LogP contribution in [0.2, 0.25) is 0 Å². The lowest BCUT2D eigenvalue weighted by atomic mass is 10.1. The van der Waals surface area contributed by atoms with Gasteiger partial charge in [-0.05, 0) is 12.1 Å². The summed E-state index contributed by atoms with van der Waals surface area (Å²) in [5.41, 5.74) is 2.67. The van der Waals surface area contributed by atoms with Crippen LogP contribution in [0.25, 0.3) is 11.0 Å². The van der Waals surface area contributed by atoms with Crippen LogP contribution in [0.1, 0.15) is 21.1 Å². The van der Waals surface area contributed by atoms with E-state index in [0.29, 0.717) is 35.9 Å². The van der Waals surface area contributed by atoms with Gasteiger partial charge in [-0.3, -0.25) is 15.1 Å². The van der Waals surface area contributed by atoms with E-state index in [1.165, 1.54) is 24.6 Å². The molecule has 9 heteroatoms. The zero-order valence-electron chi connectivity index (χ0n) is 13.9. The average molecular weight is 369 g/mol. The van der Waals surface area contributed by atoms with Crippen molar-refractivity contribution in [3.63, 3.8) is 0 Å². The van der Waals surface area contributed by atoms with Crippen molar-refractivity contribution in [2.24, 2.45) is 0 Å². The standard InChI is InChI=1S/C17H15N5O3S/c1-25-17(24)21-16-20-12-6-7-22(9-14(12)26-16)15(23)13-8-18-10-4-2-3-5-11(10)19-13/h2-5,8H,6-7,9H2,1H3,(H,20,21,24). The third-order valence-electron chi connectivity index (χ3n) is 4.08. The average Bonchev–Trinajstić information content (AvgIpc) is 3.08. The van der Waals surface area contributed by atoms with E-state index in [1.54, 1.807) is 4.90 Å². The molecule has 0 radical (unpaired) electrons. The van der Waals surface area contributed by atoms with Gasteiger partial charge in [0.25, 0.3) is 5.91 Å². The van der Waals surface area contributed by atoms with Crippen LogP contribution in [0.4, 0.5) is 9.93 Å². The molecule has 0 unspecified atom stereocenters. The molecule has 2 aromatic heterocycles. The third kappa shape index (κ3) is 3.08. The highest BCUT2D eigenvalue weighted by molar-refractivity contribution is 7.15. The van der Waals surface area contributed by atoms with Gasteiger partial charge in [0, 0.05) is 17.8 Å². The minimum absolute atomic E-state index is 0.162. The number of fused-ring (bicyclic) bond motifs is 2. The van der Waals surface area contributed by atoms with Gasteiger partial charge >= 0.3 is 6.09 Å². The van der Waals surface area contributed by atoms with Crippen molar-refractivity contribution in [3.8, 4) is 0 Å². The van der Waals surface area contributed by atoms with Gasteiger partial charge < -0.3 is 9.64 Å². The van der Waals surface area contributed by atoms with Crippen molar-refractivity contribution in [3.05, 3.63) is 46.7 Å². The number of aromatic nitrogens is 3. The summed E-state index contributed by atoms with van der Waals surface area (Å²) in [7, 11) is 1.30. The largest absolute Gasteiger partial charge is 0.453 e. The van der Waals surface area contributed by atoms with Crippen LogP contribution in [-0.4, -0.2) is 45.5 Å². The first kappa shape index (κ1) is 16.4. The van der Waals surface area contributed by atoms with Crippen LogP contribution in [0.15, 0.2) is 30.5 Å². The molecule has 2 amide bonds. The van der Waals surface area contributed by atoms with E-state index in [4.69, 9.17) is 0 Å². The quantitative estimate of drug-likeness (QED) is 0.745. The Balaban J connectivity index is 1.53. The molecule has 0 saturated heterocycles. The van der Waals surface area contributed by atoms with Crippen molar-refractivity contribution >= 4 is 39.5 Å². The van der Waals surface area contributed by atoms with Gasteiger partial charge in [0.15, 0.2) is 5.13 Å². The maximum absolute atomic E-state index is 12.8. The molecule has 1 N–H and O–H groups in total. The van der Waals surface area contributed by atoms with E-state index < -0.39 is 6.09 Å². The fourth-order valence-electron chi connectivity index (χ4n) is 2.78. The Morgan fingerprint density at radius 2 is 2.04 bits per heavy atom. The van der Waals surface area contributed by atoms with Crippen molar-refractivity contribution in [2.75, 3.05) is 19.0 Å². The molecule has 1 aliphatic heterocycles. The lowest BCUT2D eigenvalue weighted by Crippen LogP contribution is -2.36. The number of methoxy groups -OCH3 is 1. The third-order valence-corrected chi connectivity index (χ3v) is 5.08. The number of para-hydroxylation sites is 2. The number of hydrogen-bond donors (Lipinski definition) is 1. The van der Waals surface area contributed by atoms with E-state index in [1.807, 2.05) is 24.3 Å². The lowest BCUT2D eigenvalue weighted by Gasteiger charge is -2.25. The van der Waals surface area contributed by atoms with Crippen LogP contribution in [0, 0.1) is 0 Å². The number of rotatable bonds is 2. The van der Waals surface area contributed by atoms with E-state index in [-0.39, 0.29) is 5.91 Å². The molecule has 0 saturated carbocycles. The summed E-state index contributed by atoms with van der Waals surface area (Å²) in [5.74, 6) is -0.162. The Morgan fingerprint density at radius 3 is 2.85 bits per heavy atom. The Morgan fingerprint density at radius 1 is 1.23 bits per heavy atom. The summed E-state index contributed by atoms with van der Waals surface area (Å²) in [6.07, 6.45) is 1.58. The molecule has 0 spiro atoms. The van der Waals surface area contributed by atoms with Gasteiger partial charge in [-0.25, -0.2) is 14.8 Å². The summed E-state index contributed by atoms with van der Waals surface area (Å²) in [6, 6.07) is 7.44. The maximum atomic E-state index is 12.8. The molecule has 26 heavy (non-hydrogen) atoms. The maximum Gasteiger partial charge on any atom is 0.413 e. The van der Waals surface area contributed by atoms with Crippen LogP contribution in [0.3, 0.4) is 0 Å². The molecule has 8 nitrogen and oxygen atoms in total.